The zero-order valence-corrected chi connectivity index (χ0v) is 16.7. The summed E-state index contributed by atoms with van der Waals surface area (Å²) < 4.78 is 0. The monoisotopic (exact) mass is 401 g/mol. The highest BCUT2D eigenvalue weighted by Gasteiger charge is 2.37. The first-order valence-electron chi connectivity index (χ1n) is 9.03. The molecule has 0 saturated carbocycles. The molecule has 0 radical (unpaired) electrons. The topological polar surface area (TPSA) is 74.8 Å². The van der Waals surface area contributed by atoms with Crippen molar-refractivity contribution >= 4 is 35.0 Å². The average Bonchev–Trinajstić information content (AvgIpc) is 2.60. The van der Waals surface area contributed by atoms with Crippen molar-refractivity contribution in [2.24, 2.45) is 0 Å². The molecule has 0 bridgehead atoms. The Balaban J connectivity index is 1.92. The average molecular weight is 402 g/mol. The number of anilines is 1. The van der Waals surface area contributed by atoms with E-state index in [0.29, 0.717) is 38.8 Å². The quantitative estimate of drug-likeness (QED) is 0.585. The maximum Gasteiger partial charge on any atom is 0.257 e. The van der Waals surface area contributed by atoms with E-state index in [4.69, 9.17) is 11.6 Å². The molecule has 0 fully saturated rings. The van der Waals surface area contributed by atoms with E-state index in [1.165, 1.54) is 11.8 Å². The molecule has 5 nitrogen and oxygen atoms in total. The van der Waals surface area contributed by atoms with Crippen molar-refractivity contribution in [1.82, 2.24) is 9.97 Å². The zero-order chi connectivity index (χ0) is 19.1. The van der Waals surface area contributed by atoms with Gasteiger partial charge in [0.2, 0.25) is 0 Å². The fraction of sp³-hybridized carbons (Fsp3) is 0.350. The number of nitrogens with one attached hydrogen (secondary N) is 2. The van der Waals surface area contributed by atoms with Crippen LogP contribution in [0.5, 0.6) is 0 Å². The van der Waals surface area contributed by atoms with Crippen LogP contribution in [-0.4, -0.2) is 21.0 Å². The normalized spacial score (nSPS) is 19.0. The van der Waals surface area contributed by atoms with Crippen LogP contribution in [0.3, 0.4) is 0 Å². The third-order valence-electron chi connectivity index (χ3n) is 4.79. The summed E-state index contributed by atoms with van der Waals surface area (Å²) in [6.07, 6.45) is 2.10. The molecule has 1 aliphatic heterocycles. The van der Waals surface area contributed by atoms with E-state index in [1.54, 1.807) is 12.1 Å². The fourth-order valence-corrected chi connectivity index (χ4v) is 4.58. The lowest BCUT2D eigenvalue weighted by atomic mass is 9.76. The number of aromatic amines is 1. The van der Waals surface area contributed by atoms with Crippen LogP contribution in [0.1, 0.15) is 50.2 Å². The number of nitrogens with zero attached hydrogens (tertiary/aromatic N) is 1. The molecular formula is C20H20ClN3O2S. The second-order valence-electron chi connectivity index (χ2n) is 7.08. The SMILES string of the molecule is CC(C)Sc1nc2c(c(=O)[nH]1)C(c1ccc(Cl)cc1)C1=C(CCCC1=O)N2. The van der Waals surface area contributed by atoms with Gasteiger partial charge in [0.05, 0.1) is 5.56 Å². The standard InChI is InChI=1S/C20H20ClN3O2S/c1-10(2)27-20-23-18-17(19(26)24-20)15(11-6-8-12(21)9-7-11)16-13(22-18)4-3-5-14(16)25/h6-10,15H,3-5H2,1-2H3,(H2,22,23,24,26). The maximum absolute atomic E-state index is 13.0. The van der Waals surface area contributed by atoms with Crippen molar-refractivity contribution in [2.75, 3.05) is 5.32 Å². The summed E-state index contributed by atoms with van der Waals surface area (Å²) in [5, 5.41) is 4.79. The molecule has 2 aliphatic rings. The lowest BCUT2D eigenvalue weighted by Gasteiger charge is -2.32. The minimum absolute atomic E-state index is 0.0920. The molecule has 27 heavy (non-hydrogen) atoms. The summed E-state index contributed by atoms with van der Waals surface area (Å²) in [7, 11) is 0. The first-order chi connectivity index (χ1) is 12.9. The number of rotatable bonds is 3. The molecule has 2 N–H and O–H groups in total. The number of halogens is 1. The number of aromatic nitrogens is 2. The van der Waals surface area contributed by atoms with E-state index in [2.05, 4.69) is 29.1 Å². The number of hydrogen-bond acceptors (Lipinski definition) is 5. The Morgan fingerprint density at radius 1 is 1.19 bits per heavy atom. The number of carbonyl (C=O) groups excluding carboxylic acids is 1. The summed E-state index contributed by atoms with van der Waals surface area (Å²) in [4.78, 5) is 33.3. The summed E-state index contributed by atoms with van der Waals surface area (Å²) in [5.41, 5.74) is 2.74. The van der Waals surface area contributed by atoms with E-state index in [0.717, 1.165) is 24.1 Å². The molecule has 0 saturated heterocycles. The van der Waals surface area contributed by atoms with Gasteiger partial charge in [-0.1, -0.05) is 49.3 Å². The van der Waals surface area contributed by atoms with Crippen molar-refractivity contribution in [2.45, 2.75) is 49.4 Å². The van der Waals surface area contributed by atoms with E-state index in [9.17, 15) is 9.59 Å². The number of H-pyrrole nitrogens is 1. The molecule has 1 aromatic carbocycles. The Morgan fingerprint density at radius 2 is 1.93 bits per heavy atom. The van der Waals surface area contributed by atoms with Gasteiger partial charge >= 0.3 is 0 Å². The van der Waals surface area contributed by atoms with E-state index in [1.807, 2.05) is 12.1 Å². The molecule has 2 heterocycles. The molecule has 1 atom stereocenters. The lowest BCUT2D eigenvalue weighted by Crippen LogP contribution is -2.32. The van der Waals surface area contributed by atoms with Crippen LogP contribution in [0.25, 0.3) is 0 Å². The van der Waals surface area contributed by atoms with Gasteiger partial charge in [0, 0.05) is 33.9 Å². The van der Waals surface area contributed by atoms with Crippen LogP contribution in [-0.2, 0) is 4.79 Å². The molecule has 1 aromatic heterocycles. The highest BCUT2D eigenvalue weighted by Crippen LogP contribution is 2.43. The predicted molar refractivity (Wildman–Crippen MR) is 109 cm³/mol. The number of benzene rings is 1. The van der Waals surface area contributed by atoms with Crippen molar-refractivity contribution in [3.8, 4) is 0 Å². The number of Topliss-reactive ketones (excluding diaryl/α,β-unsaturated/α-hetero) is 1. The van der Waals surface area contributed by atoms with Crippen LogP contribution >= 0.6 is 23.4 Å². The maximum atomic E-state index is 13.0. The Labute approximate surface area is 166 Å². The largest absolute Gasteiger partial charge is 0.343 e. The molecule has 0 amide bonds. The van der Waals surface area contributed by atoms with E-state index in [-0.39, 0.29) is 11.3 Å². The summed E-state index contributed by atoms with van der Waals surface area (Å²) in [6, 6.07) is 7.34. The van der Waals surface area contributed by atoms with E-state index < -0.39 is 5.92 Å². The highest BCUT2D eigenvalue weighted by molar-refractivity contribution is 7.99. The first-order valence-corrected chi connectivity index (χ1v) is 10.3. The highest BCUT2D eigenvalue weighted by atomic mass is 35.5. The number of fused-ring (bicyclic) bond motifs is 1. The third kappa shape index (κ3) is 3.44. The van der Waals surface area contributed by atoms with Gasteiger partial charge in [0.1, 0.15) is 5.82 Å². The Morgan fingerprint density at radius 3 is 2.63 bits per heavy atom. The number of hydrogen-bond donors (Lipinski definition) is 2. The van der Waals surface area contributed by atoms with Crippen LogP contribution in [0, 0.1) is 0 Å². The summed E-state index contributed by atoms with van der Waals surface area (Å²) in [5.74, 6) is 0.223. The fourth-order valence-electron chi connectivity index (χ4n) is 3.71. The molecule has 2 aromatic rings. The second kappa shape index (κ2) is 7.17. The Hall–Kier alpha value is -2.05. The van der Waals surface area contributed by atoms with Crippen LogP contribution < -0.4 is 10.9 Å². The molecule has 140 valence electrons. The minimum Gasteiger partial charge on any atom is -0.343 e. The summed E-state index contributed by atoms with van der Waals surface area (Å²) in [6.45, 7) is 4.10. The molecule has 0 spiro atoms. The van der Waals surface area contributed by atoms with Crippen molar-refractivity contribution in [3.63, 3.8) is 0 Å². The van der Waals surface area contributed by atoms with Crippen LogP contribution in [0.2, 0.25) is 5.02 Å². The van der Waals surface area contributed by atoms with Gasteiger partial charge in [0.15, 0.2) is 10.9 Å². The third-order valence-corrected chi connectivity index (χ3v) is 5.93. The number of thioether (sulfide) groups is 1. The lowest BCUT2D eigenvalue weighted by molar-refractivity contribution is -0.116. The van der Waals surface area contributed by atoms with Gasteiger partial charge < -0.3 is 10.3 Å². The Bertz CT molecular complexity index is 995. The molecule has 1 unspecified atom stereocenters. The molecule has 4 rings (SSSR count). The second-order valence-corrected chi connectivity index (χ2v) is 9.08. The molecular weight excluding hydrogens is 382 g/mol. The van der Waals surface area contributed by atoms with Crippen molar-refractivity contribution < 1.29 is 4.79 Å². The van der Waals surface area contributed by atoms with Gasteiger partial charge in [-0.25, -0.2) is 4.98 Å². The van der Waals surface area contributed by atoms with Crippen molar-refractivity contribution in [1.29, 1.82) is 0 Å². The van der Waals surface area contributed by atoms with E-state index >= 15 is 0 Å². The smallest absolute Gasteiger partial charge is 0.257 e. The number of carbonyl (C=O) groups is 1. The molecule has 1 aliphatic carbocycles. The van der Waals surface area contributed by atoms with Gasteiger partial charge in [0.25, 0.3) is 5.56 Å². The molecule has 7 heteroatoms. The van der Waals surface area contributed by atoms with Gasteiger partial charge in [-0.05, 0) is 30.5 Å². The zero-order valence-electron chi connectivity index (χ0n) is 15.1. The first kappa shape index (κ1) is 18.3. The van der Waals surface area contributed by atoms with Crippen LogP contribution in [0.4, 0.5) is 5.82 Å². The van der Waals surface area contributed by atoms with Gasteiger partial charge in [-0.3, -0.25) is 9.59 Å². The minimum atomic E-state index is -0.421. The van der Waals surface area contributed by atoms with Crippen LogP contribution in [0.15, 0.2) is 45.5 Å². The summed E-state index contributed by atoms with van der Waals surface area (Å²) >= 11 is 7.55. The number of ketones is 1. The predicted octanol–water partition coefficient (Wildman–Crippen LogP) is 4.49. The van der Waals surface area contributed by atoms with Gasteiger partial charge in [-0.15, -0.1) is 0 Å². The van der Waals surface area contributed by atoms with Crippen molar-refractivity contribution in [3.05, 3.63) is 62.0 Å². The Kier molecular flexibility index (Phi) is 4.86. The van der Waals surface area contributed by atoms with Gasteiger partial charge in [-0.2, -0.15) is 0 Å². The number of allylic oxidation sites excluding steroid dienone is 2.